The fraction of sp³-hybridized carbons (Fsp3) is 0.292. The molecule has 0 aliphatic heterocycles. The number of amides is 1. The summed E-state index contributed by atoms with van der Waals surface area (Å²) in [5.74, 6) is -1.94. The normalized spacial score (nSPS) is 10.4. The highest BCUT2D eigenvalue weighted by Crippen LogP contribution is 2.21. The van der Waals surface area contributed by atoms with E-state index in [-0.39, 0.29) is 5.91 Å². The number of nitrogens with zero attached hydrogens (tertiary/aromatic N) is 1. The average molecular weight is 443 g/mol. The van der Waals surface area contributed by atoms with Crippen molar-refractivity contribution in [2.24, 2.45) is 0 Å². The van der Waals surface area contributed by atoms with Crippen LogP contribution in [0.1, 0.15) is 23.7 Å². The molecule has 0 atom stereocenters. The lowest BCUT2D eigenvalue weighted by atomic mass is 10.1. The Balaban J connectivity index is 0.000000547. The van der Waals surface area contributed by atoms with Crippen molar-refractivity contribution in [2.75, 3.05) is 38.7 Å². The number of nitrogens with one attached hydrogen (secondary N) is 1. The number of hydrogen-bond acceptors (Lipinski definition) is 5. The molecule has 1 amide bonds. The number of anilines is 1. The van der Waals surface area contributed by atoms with Crippen molar-refractivity contribution in [1.29, 1.82) is 0 Å². The minimum atomic E-state index is -1.51. The van der Waals surface area contributed by atoms with E-state index in [9.17, 15) is 19.5 Å². The van der Waals surface area contributed by atoms with Crippen molar-refractivity contribution in [1.82, 2.24) is 0 Å². The minimum absolute atomic E-state index is 0.0357. The second kappa shape index (κ2) is 14.4. The molecule has 0 spiro atoms. The van der Waals surface area contributed by atoms with Crippen LogP contribution in [0.5, 0.6) is 5.75 Å². The zero-order valence-electron chi connectivity index (χ0n) is 18.6. The third-order valence-corrected chi connectivity index (χ3v) is 4.15. The summed E-state index contributed by atoms with van der Waals surface area (Å²) >= 11 is 0. The van der Waals surface area contributed by atoms with E-state index in [1.54, 1.807) is 0 Å². The number of ether oxygens (including phenoxy) is 1. The van der Waals surface area contributed by atoms with Crippen molar-refractivity contribution < 1.29 is 34.2 Å². The van der Waals surface area contributed by atoms with Crippen molar-refractivity contribution >= 4 is 23.5 Å². The number of quaternary nitrogens is 1. The van der Waals surface area contributed by atoms with Gasteiger partial charge in [0.2, 0.25) is 0 Å². The second-order valence-corrected chi connectivity index (χ2v) is 7.05. The van der Waals surface area contributed by atoms with E-state index in [4.69, 9.17) is 9.84 Å². The highest BCUT2D eigenvalue weighted by atomic mass is 16.5. The molecule has 0 aromatic heterocycles. The van der Waals surface area contributed by atoms with E-state index in [1.165, 1.54) is 4.90 Å². The Labute approximate surface area is 188 Å². The first-order chi connectivity index (χ1) is 15.2. The quantitative estimate of drug-likeness (QED) is 0.523. The number of carbonyl (C=O) groups is 3. The summed E-state index contributed by atoms with van der Waals surface area (Å²) in [6.07, 6.45) is 1.89. The number of carbonyl (C=O) groups excluding carboxylic acids is 2. The van der Waals surface area contributed by atoms with Gasteiger partial charge in [-0.15, -0.1) is 0 Å². The monoisotopic (exact) mass is 442 g/mol. The van der Waals surface area contributed by atoms with Gasteiger partial charge in [-0.25, -0.2) is 4.79 Å². The molecule has 0 fully saturated rings. The van der Waals surface area contributed by atoms with E-state index >= 15 is 0 Å². The maximum atomic E-state index is 12.9. The standard InChI is InChI=1S/C20H26N2O2.C4H4O4/c1-4-24-19-13-11-18(12-14-19)22(16-8-15-21(2)3)20(23)17-9-6-5-7-10-17;5-3(6)1-2-4(7)8/h5-7,9-14H,4,8,15-16H2,1-3H3;1-2H,(H,5,6)(H,7,8)/b;2-1-. The highest BCUT2D eigenvalue weighted by molar-refractivity contribution is 6.06. The molecule has 0 bridgehead atoms. The van der Waals surface area contributed by atoms with Gasteiger partial charge in [0.05, 0.1) is 33.2 Å². The fourth-order valence-corrected chi connectivity index (χ4v) is 2.70. The van der Waals surface area contributed by atoms with Crippen LogP contribution in [0.2, 0.25) is 0 Å². The molecule has 2 aromatic rings. The van der Waals surface area contributed by atoms with Gasteiger partial charge in [-0.05, 0) is 49.4 Å². The van der Waals surface area contributed by atoms with Gasteiger partial charge in [-0.1, -0.05) is 18.2 Å². The Morgan fingerprint density at radius 3 is 2.12 bits per heavy atom. The first-order valence-corrected chi connectivity index (χ1v) is 10.2. The molecule has 0 saturated carbocycles. The van der Waals surface area contributed by atoms with Crippen LogP contribution in [-0.4, -0.2) is 56.7 Å². The summed E-state index contributed by atoms with van der Waals surface area (Å²) in [6, 6.07) is 17.2. The first kappa shape index (κ1) is 26.4. The maximum Gasteiger partial charge on any atom is 0.328 e. The Kier molecular flexibility index (Phi) is 11.9. The summed E-state index contributed by atoms with van der Waals surface area (Å²) in [6.45, 7) is 4.32. The van der Waals surface area contributed by atoms with E-state index in [0.717, 1.165) is 24.4 Å². The molecule has 8 nitrogen and oxygen atoms in total. The number of rotatable bonds is 10. The average Bonchev–Trinajstić information content (AvgIpc) is 2.77. The van der Waals surface area contributed by atoms with Crippen LogP contribution in [0.3, 0.4) is 0 Å². The lowest BCUT2D eigenvalue weighted by molar-refractivity contribution is -0.858. The van der Waals surface area contributed by atoms with E-state index in [1.807, 2.05) is 66.4 Å². The van der Waals surface area contributed by atoms with Crippen LogP contribution >= 0.6 is 0 Å². The largest absolute Gasteiger partial charge is 0.545 e. The summed E-state index contributed by atoms with van der Waals surface area (Å²) in [5.41, 5.74) is 1.62. The molecule has 172 valence electrons. The van der Waals surface area contributed by atoms with Gasteiger partial charge in [0.1, 0.15) is 5.75 Å². The number of carboxylic acids is 2. The lowest BCUT2D eigenvalue weighted by Gasteiger charge is -2.23. The molecule has 8 heteroatoms. The molecule has 2 rings (SSSR count). The predicted molar refractivity (Wildman–Crippen MR) is 120 cm³/mol. The van der Waals surface area contributed by atoms with Crippen LogP contribution < -0.4 is 19.6 Å². The Hall–Kier alpha value is -3.65. The Morgan fingerprint density at radius 1 is 1.03 bits per heavy atom. The molecule has 2 N–H and O–H groups in total. The number of hydrogen-bond donors (Lipinski definition) is 2. The van der Waals surface area contributed by atoms with Crippen molar-refractivity contribution in [3.8, 4) is 5.75 Å². The molecule has 0 aliphatic carbocycles. The van der Waals surface area contributed by atoms with Crippen LogP contribution in [0.25, 0.3) is 0 Å². The number of carboxylic acid groups (broad SMARTS) is 2. The van der Waals surface area contributed by atoms with Crippen molar-refractivity contribution in [3.63, 3.8) is 0 Å². The third-order valence-electron chi connectivity index (χ3n) is 4.15. The molecule has 0 saturated heterocycles. The van der Waals surface area contributed by atoms with Crippen molar-refractivity contribution in [3.05, 3.63) is 72.3 Å². The zero-order valence-corrected chi connectivity index (χ0v) is 18.6. The zero-order chi connectivity index (χ0) is 23.9. The molecule has 0 aliphatic rings. The van der Waals surface area contributed by atoms with Gasteiger partial charge in [0.15, 0.2) is 0 Å². The second-order valence-electron chi connectivity index (χ2n) is 7.05. The summed E-state index contributed by atoms with van der Waals surface area (Å²) in [7, 11) is 4.25. The topological polar surface area (TPSA) is 111 Å². The SMILES string of the molecule is CCOc1ccc(N(CCC[NH+](C)C)C(=O)c2ccccc2)cc1.O=C([O-])/C=C\C(=O)O. The molecular weight excluding hydrogens is 412 g/mol. The van der Waals surface area contributed by atoms with Crippen LogP contribution in [-0.2, 0) is 9.59 Å². The Morgan fingerprint density at radius 2 is 1.66 bits per heavy atom. The van der Waals surface area contributed by atoms with E-state index in [0.29, 0.717) is 30.9 Å². The Bertz CT molecular complexity index is 863. The van der Waals surface area contributed by atoms with Crippen LogP contribution in [0.4, 0.5) is 5.69 Å². The minimum Gasteiger partial charge on any atom is -0.545 e. The van der Waals surface area contributed by atoms with Gasteiger partial charge < -0.3 is 29.5 Å². The molecule has 0 heterocycles. The van der Waals surface area contributed by atoms with Gasteiger partial charge in [-0.3, -0.25) is 4.79 Å². The smallest absolute Gasteiger partial charge is 0.328 e. The lowest BCUT2D eigenvalue weighted by Crippen LogP contribution is -3.05. The molecule has 0 radical (unpaired) electrons. The summed E-state index contributed by atoms with van der Waals surface area (Å²) < 4.78 is 5.49. The van der Waals surface area contributed by atoms with Gasteiger partial charge in [-0.2, -0.15) is 0 Å². The van der Waals surface area contributed by atoms with E-state index < -0.39 is 11.9 Å². The molecule has 2 aromatic carbocycles. The highest BCUT2D eigenvalue weighted by Gasteiger charge is 2.17. The van der Waals surface area contributed by atoms with Gasteiger partial charge in [0, 0.05) is 30.3 Å². The van der Waals surface area contributed by atoms with Gasteiger partial charge in [0.25, 0.3) is 5.91 Å². The third kappa shape index (κ3) is 10.4. The van der Waals surface area contributed by atoms with Crippen LogP contribution in [0, 0.1) is 0 Å². The molecule has 32 heavy (non-hydrogen) atoms. The van der Waals surface area contributed by atoms with Crippen molar-refractivity contribution in [2.45, 2.75) is 13.3 Å². The fourth-order valence-electron chi connectivity index (χ4n) is 2.70. The number of aliphatic carboxylic acids is 2. The number of benzene rings is 2. The first-order valence-electron chi connectivity index (χ1n) is 10.2. The predicted octanol–water partition coefficient (Wildman–Crippen LogP) is 0.644. The summed E-state index contributed by atoms with van der Waals surface area (Å²) in [4.78, 5) is 35.1. The van der Waals surface area contributed by atoms with Crippen LogP contribution in [0.15, 0.2) is 66.7 Å². The van der Waals surface area contributed by atoms with E-state index in [2.05, 4.69) is 14.1 Å². The molecule has 0 unspecified atom stereocenters. The maximum absolute atomic E-state index is 12.9. The molecular formula is C24H30N2O6. The van der Waals surface area contributed by atoms with Gasteiger partial charge >= 0.3 is 5.97 Å². The summed E-state index contributed by atoms with van der Waals surface area (Å²) in [5, 5.41) is 17.2.